The van der Waals surface area contributed by atoms with E-state index in [-0.39, 0.29) is 24.8 Å². The predicted octanol–water partition coefficient (Wildman–Crippen LogP) is 3.59. The Hall–Kier alpha value is -2.86. The third-order valence-electron chi connectivity index (χ3n) is 5.26. The van der Waals surface area contributed by atoms with Crippen molar-refractivity contribution in [2.24, 2.45) is 0 Å². The molecular formula is C22H24N2O4. The minimum absolute atomic E-state index is 0.0384. The summed E-state index contributed by atoms with van der Waals surface area (Å²) in [6.07, 6.45) is 4.38. The summed E-state index contributed by atoms with van der Waals surface area (Å²) in [5, 5.41) is 0. The number of morpholine rings is 1. The molecule has 2 aliphatic rings. The third-order valence-corrected chi connectivity index (χ3v) is 5.26. The summed E-state index contributed by atoms with van der Waals surface area (Å²) in [4.78, 5) is 18.9. The van der Waals surface area contributed by atoms with Gasteiger partial charge in [-0.25, -0.2) is 9.78 Å². The number of fused-ring (bicyclic) bond motifs is 2. The molecule has 2 aliphatic heterocycles. The molecule has 2 unspecified atom stereocenters. The second-order valence-electron chi connectivity index (χ2n) is 7.14. The summed E-state index contributed by atoms with van der Waals surface area (Å²) in [6.45, 7) is 3.31. The van der Waals surface area contributed by atoms with E-state index in [9.17, 15) is 4.79 Å². The Morgan fingerprint density at radius 2 is 2.11 bits per heavy atom. The zero-order chi connectivity index (χ0) is 19.5. The van der Waals surface area contributed by atoms with Crippen molar-refractivity contribution in [2.45, 2.75) is 32.0 Å². The molecule has 6 heteroatoms. The van der Waals surface area contributed by atoms with Crippen molar-refractivity contribution in [1.29, 1.82) is 0 Å². The van der Waals surface area contributed by atoms with Crippen LogP contribution in [0.4, 0.5) is 4.79 Å². The van der Waals surface area contributed by atoms with E-state index in [0.29, 0.717) is 25.5 Å². The van der Waals surface area contributed by atoms with Gasteiger partial charge in [0, 0.05) is 12.3 Å². The molecule has 1 aromatic heterocycles. The highest BCUT2D eigenvalue weighted by Crippen LogP contribution is 2.34. The van der Waals surface area contributed by atoms with Crippen molar-refractivity contribution in [3.05, 3.63) is 65.4 Å². The lowest BCUT2D eigenvalue weighted by molar-refractivity contribution is -0.0342. The lowest BCUT2D eigenvalue weighted by Gasteiger charge is -2.43. The highest BCUT2D eigenvalue weighted by atomic mass is 16.6. The Kier molecular flexibility index (Phi) is 5.30. The molecule has 146 valence electrons. The van der Waals surface area contributed by atoms with Gasteiger partial charge in [-0.2, -0.15) is 0 Å². The highest BCUT2D eigenvalue weighted by Gasteiger charge is 2.39. The van der Waals surface area contributed by atoms with Gasteiger partial charge < -0.3 is 14.2 Å². The third kappa shape index (κ3) is 3.73. The van der Waals surface area contributed by atoms with Crippen LogP contribution in [0.25, 0.3) is 5.57 Å². The van der Waals surface area contributed by atoms with E-state index in [4.69, 9.17) is 14.2 Å². The van der Waals surface area contributed by atoms with Crippen LogP contribution in [0.15, 0.2) is 48.7 Å². The van der Waals surface area contributed by atoms with Crippen LogP contribution in [0.1, 0.15) is 23.1 Å². The van der Waals surface area contributed by atoms with E-state index in [1.54, 1.807) is 7.11 Å². The van der Waals surface area contributed by atoms with Gasteiger partial charge >= 0.3 is 6.09 Å². The number of ether oxygens (including phenoxy) is 3. The first-order valence-corrected chi connectivity index (χ1v) is 9.44. The van der Waals surface area contributed by atoms with E-state index in [0.717, 1.165) is 16.7 Å². The topological polar surface area (TPSA) is 60.9 Å². The van der Waals surface area contributed by atoms with Crippen molar-refractivity contribution >= 4 is 11.7 Å². The summed E-state index contributed by atoms with van der Waals surface area (Å²) < 4.78 is 16.5. The number of aromatic nitrogens is 1. The van der Waals surface area contributed by atoms with Crippen molar-refractivity contribution in [2.75, 3.05) is 20.3 Å². The van der Waals surface area contributed by atoms with Gasteiger partial charge in [-0.05, 0) is 35.6 Å². The number of amides is 1. The van der Waals surface area contributed by atoms with E-state index >= 15 is 0 Å². The first kappa shape index (κ1) is 18.5. The van der Waals surface area contributed by atoms with E-state index in [1.165, 1.54) is 5.57 Å². The zero-order valence-corrected chi connectivity index (χ0v) is 16.1. The average Bonchev–Trinajstić information content (AvgIpc) is 2.71. The number of benzene rings is 1. The molecule has 4 rings (SSSR count). The molecule has 1 amide bonds. The van der Waals surface area contributed by atoms with Crippen LogP contribution in [0.3, 0.4) is 0 Å². The number of pyridine rings is 1. The van der Waals surface area contributed by atoms with Gasteiger partial charge in [0.15, 0.2) is 0 Å². The number of aryl methyl sites for hydroxylation is 1. The molecule has 0 radical (unpaired) electrons. The molecule has 2 bridgehead atoms. The number of methoxy groups -OCH3 is 1. The quantitative estimate of drug-likeness (QED) is 0.811. The number of rotatable bonds is 4. The number of carbonyl (C=O) groups is 1. The normalized spacial score (nSPS) is 21.1. The molecule has 2 aromatic rings. The number of carbonyl (C=O) groups excluding carboxylic acids is 1. The summed E-state index contributed by atoms with van der Waals surface area (Å²) >= 11 is 0. The van der Waals surface area contributed by atoms with E-state index in [2.05, 4.69) is 11.1 Å². The highest BCUT2D eigenvalue weighted by molar-refractivity contribution is 5.75. The molecule has 28 heavy (non-hydrogen) atoms. The molecule has 1 aromatic carbocycles. The number of hydrogen-bond acceptors (Lipinski definition) is 5. The Labute approximate surface area is 164 Å². The average molecular weight is 380 g/mol. The lowest BCUT2D eigenvalue weighted by Crippen LogP contribution is -2.56. The minimum atomic E-state index is -0.290. The van der Waals surface area contributed by atoms with Gasteiger partial charge in [-0.15, -0.1) is 0 Å². The second kappa shape index (κ2) is 8.02. The van der Waals surface area contributed by atoms with Crippen molar-refractivity contribution in [3.8, 4) is 5.88 Å². The largest absolute Gasteiger partial charge is 0.481 e. The summed E-state index contributed by atoms with van der Waals surface area (Å²) in [5.41, 5.74) is 4.37. The van der Waals surface area contributed by atoms with E-state index < -0.39 is 0 Å². The molecule has 1 fully saturated rings. The molecule has 0 saturated carbocycles. The molecular weight excluding hydrogens is 356 g/mol. The number of nitrogens with zero attached hydrogens (tertiary/aromatic N) is 2. The van der Waals surface area contributed by atoms with Crippen LogP contribution < -0.4 is 4.74 Å². The zero-order valence-electron chi connectivity index (χ0n) is 16.1. The first-order chi connectivity index (χ1) is 13.7. The standard InChI is InChI=1S/C22H24N2O4/c1-15-8-21(26-2)23-11-20(15)17-9-18-13-27-14-19(10-17)24(18)22(25)28-12-16-6-4-3-5-7-16/h3-9,11,18-19H,10,12-14H2,1-2H3. The Morgan fingerprint density at radius 1 is 1.29 bits per heavy atom. The number of hydrogen-bond donors (Lipinski definition) is 0. The fourth-order valence-electron chi connectivity index (χ4n) is 3.85. The van der Waals surface area contributed by atoms with Gasteiger partial charge in [0.1, 0.15) is 6.61 Å². The fraction of sp³-hybridized carbons (Fsp3) is 0.364. The SMILES string of the molecule is COc1cc(C)c(C2=CC3COCC(C2)N3C(=O)OCc2ccccc2)cn1. The lowest BCUT2D eigenvalue weighted by atomic mass is 9.89. The maximum atomic E-state index is 12.8. The smallest absolute Gasteiger partial charge is 0.411 e. The Bertz CT molecular complexity index is 881. The van der Waals surface area contributed by atoms with E-state index in [1.807, 2.05) is 54.4 Å². The van der Waals surface area contributed by atoms with Crippen LogP contribution in [0, 0.1) is 6.92 Å². The molecule has 6 nitrogen and oxygen atoms in total. The monoisotopic (exact) mass is 380 g/mol. The van der Waals surface area contributed by atoms with Gasteiger partial charge in [-0.3, -0.25) is 4.90 Å². The fourth-order valence-corrected chi connectivity index (χ4v) is 3.85. The van der Waals surface area contributed by atoms with Crippen molar-refractivity contribution in [1.82, 2.24) is 9.88 Å². The van der Waals surface area contributed by atoms with Crippen LogP contribution in [0.5, 0.6) is 5.88 Å². The molecule has 2 atom stereocenters. The molecule has 3 heterocycles. The van der Waals surface area contributed by atoms with Crippen LogP contribution >= 0.6 is 0 Å². The van der Waals surface area contributed by atoms with Crippen molar-refractivity contribution < 1.29 is 19.0 Å². The van der Waals surface area contributed by atoms with Crippen LogP contribution in [-0.4, -0.2) is 48.4 Å². The van der Waals surface area contributed by atoms with Gasteiger partial charge in [-0.1, -0.05) is 36.4 Å². The second-order valence-corrected chi connectivity index (χ2v) is 7.14. The van der Waals surface area contributed by atoms with Gasteiger partial charge in [0.2, 0.25) is 5.88 Å². The Balaban J connectivity index is 1.52. The summed E-state index contributed by atoms with van der Waals surface area (Å²) in [6, 6.07) is 11.5. The van der Waals surface area contributed by atoms with Crippen LogP contribution in [-0.2, 0) is 16.1 Å². The maximum absolute atomic E-state index is 12.8. The van der Waals surface area contributed by atoms with Crippen LogP contribution in [0.2, 0.25) is 0 Å². The summed E-state index contributed by atoms with van der Waals surface area (Å²) in [7, 11) is 1.61. The van der Waals surface area contributed by atoms with Gasteiger partial charge in [0.25, 0.3) is 0 Å². The Morgan fingerprint density at radius 3 is 2.82 bits per heavy atom. The molecule has 1 saturated heterocycles. The molecule has 0 spiro atoms. The predicted molar refractivity (Wildman–Crippen MR) is 105 cm³/mol. The van der Waals surface area contributed by atoms with Crippen molar-refractivity contribution in [3.63, 3.8) is 0 Å². The molecule has 0 aliphatic carbocycles. The first-order valence-electron chi connectivity index (χ1n) is 9.44. The van der Waals surface area contributed by atoms with Gasteiger partial charge in [0.05, 0.1) is 32.4 Å². The maximum Gasteiger partial charge on any atom is 0.411 e. The summed E-state index contributed by atoms with van der Waals surface area (Å²) in [5.74, 6) is 0.604. The molecule has 0 N–H and O–H groups in total. The minimum Gasteiger partial charge on any atom is -0.481 e.